The summed E-state index contributed by atoms with van der Waals surface area (Å²) >= 11 is 0.897. The van der Waals surface area contributed by atoms with Gasteiger partial charge in [-0.1, -0.05) is 0 Å². The molecule has 0 radical (unpaired) electrons. The van der Waals surface area contributed by atoms with Gasteiger partial charge < -0.3 is 15.3 Å². The molecule has 2 heterocycles. The molecule has 1 aromatic rings. The van der Waals surface area contributed by atoms with Gasteiger partial charge in [-0.05, 0) is 25.0 Å². The average molecular weight is 282 g/mol. The topological polar surface area (TPSA) is 86.7 Å². The van der Waals surface area contributed by atoms with Crippen LogP contribution in [0.2, 0.25) is 0 Å². The van der Waals surface area contributed by atoms with E-state index in [2.05, 4.69) is 5.32 Å². The SMILES string of the molecule is O=C(O)c1ccc(C(=O)NCC(=O)N2CCCC2)s1. The zero-order chi connectivity index (χ0) is 13.8. The highest BCUT2D eigenvalue weighted by Gasteiger charge is 2.19. The Bertz CT molecular complexity index is 506. The Morgan fingerprint density at radius 3 is 2.42 bits per heavy atom. The van der Waals surface area contributed by atoms with Gasteiger partial charge in [0.05, 0.1) is 11.4 Å². The van der Waals surface area contributed by atoms with Gasteiger partial charge >= 0.3 is 5.97 Å². The van der Waals surface area contributed by atoms with Crippen LogP contribution >= 0.6 is 11.3 Å². The van der Waals surface area contributed by atoms with E-state index in [1.165, 1.54) is 12.1 Å². The van der Waals surface area contributed by atoms with E-state index < -0.39 is 11.9 Å². The molecule has 1 aromatic heterocycles. The first-order valence-electron chi connectivity index (χ1n) is 5.97. The molecule has 6 nitrogen and oxygen atoms in total. The molecule has 0 aliphatic carbocycles. The number of carbonyl (C=O) groups excluding carboxylic acids is 2. The summed E-state index contributed by atoms with van der Waals surface area (Å²) in [5.74, 6) is -1.57. The third-order valence-corrected chi connectivity index (χ3v) is 3.97. The summed E-state index contributed by atoms with van der Waals surface area (Å²) in [4.78, 5) is 36.3. The first-order chi connectivity index (χ1) is 9.08. The van der Waals surface area contributed by atoms with Crippen molar-refractivity contribution in [3.8, 4) is 0 Å². The number of carboxylic acid groups (broad SMARTS) is 1. The molecule has 19 heavy (non-hydrogen) atoms. The number of hydrogen-bond acceptors (Lipinski definition) is 4. The Morgan fingerprint density at radius 2 is 1.84 bits per heavy atom. The maximum atomic E-state index is 11.7. The molecule has 2 amide bonds. The first kappa shape index (κ1) is 13.5. The molecule has 0 saturated carbocycles. The minimum Gasteiger partial charge on any atom is -0.477 e. The molecule has 0 bridgehead atoms. The Labute approximate surface area is 114 Å². The zero-order valence-corrected chi connectivity index (χ0v) is 11.0. The molecule has 1 fully saturated rings. The third-order valence-electron chi connectivity index (χ3n) is 2.90. The van der Waals surface area contributed by atoms with E-state index >= 15 is 0 Å². The van der Waals surface area contributed by atoms with E-state index in [9.17, 15) is 14.4 Å². The van der Waals surface area contributed by atoms with Crippen LogP contribution in [-0.2, 0) is 4.79 Å². The van der Waals surface area contributed by atoms with E-state index in [1.807, 2.05) is 0 Å². The lowest BCUT2D eigenvalue weighted by Gasteiger charge is -2.15. The molecule has 0 spiro atoms. The van der Waals surface area contributed by atoms with Gasteiger partial charge in [-0.2, -0.15) is 0 Å². The van der Waals surface area contributed by atoms with Gasteiger partial charge in [-0.3, -0.25) is 9.59 Å². The summed E-state index contributed by atoms with van der Waals surface area (Å²) in [5, 5.41) is 11.3. The zero-order valence-electron chi connectivity index (χ0n) is 10.2. The Kier molecular flexibility index (Phi) is 4.16. The molecule has 1 saturated heterocycles. The molecule has 102 valence electrons. The number of nitrogens with one attached hydrogen (secondary N) is 1. The van der Waals surface area contributed by atoms with Crippen molar-refractivity contribution in [2.24, 2.45) is 0 Å². The number of carbonyl (C=O) groups is 3. The summed E-state index contributed by atoms with van der Waals surface area (Å²) < 4.78 is 0. The summed E-state index contributed by atoms with van der Waals surface area (Å²) in [6, 6.07) is 2.83. The monoisotopic (exact) mass is 282 g/mol. The smallest absolute Gasteiger partial charge is 0.345 e. The van der Waals surface area contributed by atoms with E-state index in [4.69, 9.17) is 5.11 Å². The standard InChI is InChI=1S/C12H14N2O4S/c15-10(14-5-1-2-6-14)7-13-11(16)8-3-4-9(19-8)12(17)18/h3-4H,1-2,5-7H2,(H,13,16)(H,17,18). The van der Waals surface area contributed by atoms with Gasteiger partial charge in [0, 0.05) is 13.1 Å². The molecule has 2 N–H and O–H groups in total. The van der Waals surface area contributed by atoms with Crippen molar-refractivity contribution in [1.29, 1.82) is 0 Å². The van der Waals surface area contributed by atoms with E-state index in [0.717, 1.165) is 37.3 Å². The molecule has 1 aliphatic heterocycles. The molecule has 0 aromatic carbocycles. The number of amides is 2. The Hall–Kier alpha value is -1.89. The van der Waals surface area contributed by atoms with Gasteiger partial charge in [0.15, 0.2) is 0 Å². The fourth-order valence-corrected chi connectivity index (χ4v) is 2.66. The van der Waals surface area contributed by atoms with Crippen LogP contribution < -0.4 is 5.32 Å². The minimum absolute atomic E-state index is 0.0425. The fourth-order valence-electron chi connectivity index (χ4n) is 1.90. The van der Waals surface area contributed by atoms with Crippen molar-refractivity contribution in [3.63, 3.8) is 0 Å². The predicted molar refractivity (Wildman–Crippen MR) is 69.4 cm³/mol. The average Bonchev–Trinajstić information content (AvgIpc) is 3.05. The second-order valence-electron chi connectivity index (χ2n) is 4.24. The lowest BCUT2D eigenvalue weighted by molar-refractivity contribution is -0.129. The fraction of sp³-hybridized carbons (Fsp3) is 0.417. The number of rotatable bonds is 4. The molecule has 0 atom stereocenters. The number of aromatic carboxylic acids is 1. The highest BCUT2D eigenvalue weighted by Crippen LogP contribution is 2.16. The maximum absolute atomic E-state index is 11.7. The highest BCUT2D eigenvalue weighted by molar-refractivity contribution is 7.15. The van der Waals surface area contributed by atoms with Gasteiger partial charge in [-0.25, -0.2) is 4.79 Å². The summed E-state index contributed by atoms with van der Waals surface area (Å²) in [5.41, 5.74) is 0. The summed E-state index contributed by atoms with van der Waals surface area (Å²) in [7, 11) is 0. The first-order valence-corrected chi connectivity index (χ1v) is 6.78. The highest BCUT2D eigenvalue weighted by atomic mass is 32.1. The van der Waals surface area contributed by atoms with Crippen molar-refractivity contribution in [1.82, 2.24) is 10.2 Å². The van der Waals surface area contributed by atoms with Crippen molar-refractivity contribution < 1.29 is 19.5 Å². The maximum Gasteiger partial charge on any atom is 0.345 e. The summed E-state index contributed by atoms with van der Waals surface area (Å²) in [6.07, 6.45) is 2.01. The van der Waals surface area contributed by atoms with Gasteiger partial charge in [0.25, 0.3) is 5.91 Å². The Balaban J connectivity index is 1.86. The summed E-state index contributed by atoms with van der Waals surface area (Å²) in [6.45, 7) is 1.45. The van der Waals surface area contributed by atoms with Crippen LogP contribution in [0.15, 0.2) is 12.1 Å². The van der Waals surface area contributed by atoms with E-state index in [1.54, 1.807) is 4.90 Å². The minimum atomic E-state index is -1.06. The third kappa shape index (κ3) is 3.31. The number of hydrogen-bond donors (Lipinski definition) is 2. The van der Waals surface area contributed by atoms with Crippen LogP contribution in [0.25, 0.3) is 0 Å². The lowest BCUT2D eigenvalue weighted by Crippen LogP contribution is -2.38. The van der Waals surface area contributed by atoms with Gasteiger partial charge in [0.1, 0.15) is 4.88 Å². The largest absolute Gasteiger partial charge is 0.477 e. The molecule has 2 rings (SSSR count). The second-order valence-corrected chi connectivity index (χ2v) is 5.32. The van der Waals surface area contributed by atoms with E-state index in [-0.39, 0.29) is 17.3 Å². The van der Waals surface area contributed by atoms with Crippen molar-refractivity contribution >= 4 is 29.1 Å². The van der Waals surface area contributed by atoms with Crippen molar-refractivity contribution in [2.45, 2.75) is 12.8 Å². The molecular formula is C12H14N2O4S. The second kappa shape index (κ2) is 5.83. The molecule has 1 aliphatic rings. The van der Waals surface area contributed by atoms with Crippen LogP contribution in [-0.4, -0.2) is 47.4 Å². The van der Waals surface area contributed by atoms with Crippen LogP contribution in [0.1, 0.15) is 32.2 Å². The number of carboxylic acids is 1. The van der Waals surface area contributed by atoms with Gasteiger partial charge in [-0.15, -0.1) is 11.3 Å². The number of thiophene rings is 1. The van der Waals surface area contributed by atoms with E-state index in [0.29, 0.717) is 4.88 Å². The van der Waals surface area contributed by atoms with Crippen molar-refractivity contribution in [3.05, 3.63) is 21.9 Å². The number of nitrogens with zero attached hydrogens (tertiary/aromatic N) is 1. The molecular weight excluding hydrogens is 268 g/mol. The van der Waals surface area contributed by atoms with Crippen LogP contribution in [0.5, 0.6) is 0 Å². The molecule has 0 unspecified atom stereocenters. The quantitative estimate of drug-likeness (QED) is 0.855. The predicted octanol–water partition coefficient (Wildman–Crippen LogP) is 0.798. The Morgan fingerprint density at radius 1 is 1.21 bits per heavy atom. The van der Waals surface area contributed by atoms with Crippen molar-refractivity contribution in [2.75, 3.05) is 19.6 Å². The van der Waals surface area contributed by atoms with Gasteiger partial charge in [0.2, 0.25) is 5.91 Å². The van der Waals surface area contributed by atoms with Crippen LogP contribution in [0.4, 0.5) is 0 Å². The number of likely N-dealkylation sites (tertiary alicyclic amines) is 1. The molecule has 7 heteroatoms. The van der Waals surface area contributed by atoms with Crippen LogP contribution in [0, 0.1) is 0 Å². The van der Waals surface area contributed by atoms with Crippen LogP contribution in [0.3, 0.4) is 0 Å². The normalized spacial score (nSPS) is 14.4. The lowest BCUT2D eigenvalue weighted by atomic mass is 10.4.